The summed E-state index contributed by atoms with van der Waals surface area (Å²) < 4.78 is 13.9. The first-order chi connectivity index (χ1) is 10.1. The Kier molecular flexibility index (Phi) is 3.45. The number of halogens is 1. The number of imide groups is 2. The molecule has 1 atom stereocenters. The molecule has 5 nitrogen and oxygen atoms in total. The molecular formula is C15H15FN2O3. The molecule has 1 heterocycles. The van der Waals surface area contributed by atoms with Gasteiger partial charge in [0.25, 0.3) is 0 Å². The normalized spacial score (nSPS) is 23.6. The van der Waals surface area contributed by atoms with Crippen LogP contribution in [-0.2, 0) is 9.59 Å². The van der Waals surface area contributed by atoms with E-state index in [9.17, 15) is 18.8 Å². The Labute approximate surface area is 121 Å². The number of carbonyl (C=O) groups excluding carboxylic acids is 3. The third kappa shape index (κ3) is 2.30. The van der Waals surface area contributed by atoms with Gasteiger partial charge in [-0.1, -0.05) is 25.0 Å². The van der Waals surface area contributed by atoms with E-state index in [1.165, 1.54) is 18.2 Å². The smallest absolute Gasteiger partial charge is 0.277 e. The maximum absolute atomic E-state index is 13.9. The summed E-state index contributed by atoms with van der Waals surface area (Å²) in [4.78, 5) is 37.2. The van der Waals surface area contributed by atoms with Crippen molar-refractivity contribution in [2.75, 3.05) is 4.90 Å². The average molecular weight is 290 g/mol. The fourth-order valence-electron chi connectivity index (χ4n) is 3.16. The highest BCUT2D eigenvalue weighted by Gasteiger charge is 2.46. The minimum atomic E-state index is -0.898. The second-order valence-corrected chi connectivity index (χ2v) is 5.44. The first-order valence-corrected chi connectivity index (χ1v) is 7.03. The van der Waals surface area contributed by atoms with Crippen molar-refractivity contribution in [1.29, 1.82) is 0 Å². The van der Waals surface area contributed by atoms with Crippen molar-refractivity contribution in [2.45, 2.75) is 25.7 Å². The minimum Gasteiger partial charge on any atom is -0.277 e. The Morgan fingerprint density at radius 2 is 1.76 bits per heavy atom. The molecule has 1 aromatic rings. The SMILES string of the molecule is O=C1NC(=O)N(c2ccccc2F)C(=O)C1C1CCCC1. The number of hydrogen-bond donors (Lipinski definition) is 1. The molecule has 1 unspecified atom stereocenters. The number of para-hydroxylation sites is 1. The first-order valence-electron chi connectivity index (χ1n) is 7.03. The number of nitrogens with one attached hydrogen (secondary N) is 1. The lowest BCUT2D eigenvalue weighted by molar-refractivity contribution is -0.136. The van der Waals surface area contributed by atoms with E-state index in [1.807, 2.05) is 0 Å². The van der Waals surface area contributed by atoms with Crippen LogP contribution >= 0.6 is 0 Å². The third-order valence-electron chi connectivity index (χ3n) is 4.17. The number of barbiturate groups is 1. The van der Waals surface area contributed by atoms with Crippen LogP contribution in [0.3, 0.4) is 0 Å². The van der Waals surface area contributed by atoms with Crippen LogP contribution in [0.2, 0.25) is 0 Å². The zero-order chi connectivity index (χ0) is 15.0. The van der Waals surface area contributed by atoms with Gasteiger partial charge in [-0.2, -0.15) is 0 Å². The van der Waals surface area contributed by atoms with E-state index in [0.717, 1.165) is 30.6 Å². The van der Waals surface area contributed by atoms with Gasteiger partial charge in [0.2, 0.25) is 11.8 Å². The van der Waals surface area contributed by atoms with Crippen molar-refractivity contribution in [2.24, 2.45) is 11.8 Å². The molecule has 1 N–H and O–H groups in total. The van der Waals surface area contributed by atoms with Gasteiger partial charge in [-0.15, -0.1) is 0 Å². The van der Waals surface area contributed by atoms with E-state index in [0.29, 0.717) is 0 Å². The van der Waals surface area contributed by atoms with Crippen LogP contribution in [0.1, 0.15) is 25.7 Å². The lowest BCUT2D eigenvalue weighted by atomic mass is 9.87. The number of nitrogens with zero attached hydrogens (tertiary/aromatic N) is 1. The van der Waals surface area contributed by atoms with Crippen LogP contribution in [0.15, 0.2) is 24.3 Å². The van der Waals surface area contributed by atoms with Gasteiger partial charge in [-0.25, -0.2) is 14.1 Å². The number of anilines is 1. The third-order valence-corrected chi connectivity index (χ3v) is 4.17. The van der Waals surface area contributed by atoms with Crippen molar-refractivity contribution in [1.82, 2.24) is 5.32 Å². The van der Waals surface area contributed by atoms with Crippen molar-refractivity contribution in [3.8, 4) is 0 Å². The fraction of sp³-hybridized carbons (Fsp3) is 0.400. The average Bonchev–Trinajstić information content (AvgIpc) is 2.94. The molecule has 1 saturated carbocycles. The van der Waals surface area contributed by atoms with Gasteiger partial charge in [0.15, 0.2) is 0 Å². The molecule has 6 heteroatoms. The minimum absolute atomic E-state index is 0.0696. The summed E-state index contributed by atoms with van der Waals surface area (Å²) in [6.07, 6.45) is 3.50. The molecule has 110 valence electrons. The van der Waals surface area contributed by atoms with Crippen molar-refractivity contribution in [3.05, 3.63) is 30.1 Å². The van der Waals surface area contributed by atoms with Crippen molar-refractivity contribution in [3.63, 3.8) is 0 Å². The van der Waals surface area contributed by atoms with Crippen LogP contribution < -0.4 is 10.2 Å². The molecule has 0 bridgehead atoms. The number of amides is 4. The van der Waals surface area contributed by atoms with Crippen LogP contribution in [0.5, 0.6) is 0 Å². The predicted molar refractivity (Wildman–Crippen MR) is 72.9 cm³/mol. The quantitative estimate of drug-likeness (QED) is 0.849. The maximum atomic E-state index is 13.9. The highest BCUT2D eigenvalue weighted by molar-refractivity contribution is 6.27. The summed E-state index contributed by atoms with van der Waals surface area (Å²) in [7, 11) is 0. The highest BCUT2D eigenvalue weighted by Crippen LogP contribution is 2.35. The fourth-order valence-corrected chi connectivity index (χ4v) is 3.16. The van der Waals surface area contributed by atoms with Gasteiger partial charge in [-0.05, 0) is 30.9 Å². The van der Waals surface area contributed by atoms with Crippen molar-refractivity contribution >= 4 is 23.5 Å². The summed E-state index contributed by atoms with van der Waals surface area (Å²) >= 11 is 0. The zero-order valence-corrected chi connectivity index (χ0v) is 11.3. The van der Waals surface area contributed by atoms with Gasteiger partial charge in [0, 0.05) is 0 Å². The molecule has 2 aliphatic rings. The molecule has 0 spiro atoms. The Morgan fingerprint density at radius 3 is 2.43 bits per heavy atom. The Morgan fingerprint density at radius 1 is 1.10 bits per heavy atom. The summed E-state index contributed by atoms with van der Waals surface area (Å²) in [6, 6.07) is 4.67. The Hall–Kier alpha value is -2.24. The first kappa shape index (κ1) is 13.7. The van der Waals surface area contributed by atoms with Gasteiger partial charge < -0.3 is 0 Å². The standard InChI is InChI=1S/C15H15FN2O3/c16-10-7-3-4-8-11(10)18-14(20)12(9-5-1-2-6-9)13(19)17-15(18)21/h3-4,7-9,12H,1-2,5-6H2,(H,17,19,21). The van der Waals surface area contributed by atoms with E-state index in [2.05, 4.69) is 5.32 Å². The number of rotatable bonds is 2. The van der Waals surface area contributed by atoms with Crippen LogP contribution in [0, 0.1) is 17.7 Å². The summed E-state index contributed by atoms with van der Waals surface area (Å²) in [5, 5.41) is 2.17. The van der Waals surface area contributed by atoms with E-state index >= 15 is 0 Å². The highest BCUT2D eigenvalue weighted by atomic mass is 19.1. The Bertz CT molecular complexity index is 611. The Balaban J connectivity index is 1.96. The van der Waals surface area contributed by atoms with Crippen LogP contribution in [-0.4, -0.2) is 17.8 Å². The van der Waals surface area contributed by atoms with E-state index in [4.69, 9.17) is 0 Å². The summed E-state index contributed by atoms with van der Waals surface area (Å²) in [5.74, 6) is -2.82. The predicted octanol–water partition coefficient (Wildman–Crippen LogP) is 2.21. The second-order valence-electron chi connectivity index (χ2n) is 5.44. The maximum Gasteiger partial charge on any atom is 0.335 e. The zero-order valence-electron chi connectivity index (χ0n) is 11.3. The van der Waals surface area contributed by atoms with Gasteiger partial charge in [0.05, 0.1) is 5.69 Å². The molecule has 3 rings (SSSR count). The molecule has 4 amide bonds. The van der Waals surface area contributed by atoms with Crippen LogP contribution in [0.4, 0.5) is 14.9 Å². The lowest BCUT2D eigenvalue weighted by Crippen LogP contribution is -2.60. The summed E-state index contributed by atoms with van der Waals surface area (Å²) in [5.41, 5.74) is -0.115. The monoisotopic (exact) mass is 290 g/mol. The molecule has 0 aromatic heterocycles. The van der Waals surface area contributed by atoms with Gasteiger partial charge in [-0.3, -0.25) is 14.9 Å². The van der Waals surface area contributed by atoms with Gasteiger partial charge >= 0.3 is 6.03 Å². The summed E-state index contributed by atoms with van der Waals surface area (Å²) in [6.45, 7) is 0. The topological polar surface area (TPSA) is 66.5 Å². The second kappa shape index (κ2) is 5.27. The molecule has 2 fully saturated rings. The van der Waals surface area contributed by atoms with E-state index in [-0.39, 0.29) is 11.6 Å². The van der Waals surface area contributed by atoms with Crippen molar-refractivity contribution < 1.29 is 18.8 Å². The number of benzene rings is 1. The molecule has 21 heavy (non-hydrogen) atoms. The van der Waals surface area contributed by atoms with Crippen LogP contribution in [0.25, 0.3) is 0 Å². The molecule has 0 radical (unpaired) electrons. The molecule has 1 aliphatic carbocycles. The number of urea groups is 1. The number of carbonyl (C=O) groups is 3. The van der Waals surface area contributed by atoms with E-state index in [1.54, 1.807) is 6.07 Å². The largest absolute Gasteiger partial charge is 0.335 e. The molecule has 1 aromatic carbocycles. The van der Waals surface area contributed by atoms with Gasteiger partial charge in [0.1, 0.15) is 11.7 Å². The lowest BCUT2D eigenvalue weighted by Gasteiger charge is -2.32. The number of hydrogen-bond acceptors (Lipinski definition) is 3. The molecule has 1 aliphatic heterocycles. The van der Waals surface area contributed by atoms with E-state index < -0.39 is 29.6 Å². The molecule has 1 saturated heterocycles. The molecular weight excluding hydrogens is 275 g/mol.